The van der Waals surface area contributed by atoms with Crippen LogP contribution in [0.4, 0.5) is 5.82 Å². The zero-order valence-electron chi connectivity index (χ0n) is 19.3. The maximum atomic E-state index is 13.2. The van der Waals surface area contributed by atoms with E-state index in [2.05, 4.69) is 10.5 Å². The summed E-state index contributed by atoms with van der Waals surface area (Å²) in [4.78, 5) is 15.3. The van der Waals surface area contributed by atoms with Crippen LogP contribution in [0.3, 0.4) is 0 Å². The van der Waals surface area contributed by atoms with E-state index in [4.69, 9.17) is 4.52 Å². The van der Waals surface area contributed by atoms with Gasteiger partial charge in [0.2, 0.25) is 5.91 Å². The third-order valence-electron chi connectivity index (χ3n) is 6.66. The Morgan fingerprint density at radius 1 is 1.12 bits per heavy atom. The largest absolute Gasteiger partial charge is 0.360 e. The summed E-state index contributed by atoms with van der Waals surface area (Å²) in [5, 5.41) is 6.70. The predicted molar refractivity (Wildman–Crippen MR) is 126 cm³/mol. The molecule has 1 aliphatic heterocycles. The van der Waals surface area contributed by atoms with E-state index >= 15 is 0 Å². The third kappa shape index (κ3) is 5.46. The average Bonchev–Trinajstić information content (AvgIpc) is 3.24. The molecule has 2 heterocycles. The highest BCUT2D eigenvalue weighted by molar-refractivity contribution is 7.86. The first-order valence-electron chi connectivity index (χ1n) is 11.6. The number of anilines is 1. The van der Waals surface area contributed by atoms with Crippen molar-refractivity contribution in [3.05, 3.63) is 47.7 Å². The topological polar surface area (TPSA) is 99.0 Å². The summed E-state index contributed by atoms with van der Waals surface area (Å²) in [5.74, 6) is 0.765. The van der Waals surface area contributed by atoms with Crippen molar-refractivity contribution in [3.8, 4) is 0 Å². The Labute approximate surface area is 195 Å². The van der Waals surface area contributed by atoms with E-state index in [1.54, 1.807) is 28.6 Å². The molecule has 1 aromatic heterocycles. The van der Waals surface area contributed by atoms with Gasteiger partial charge in [0, 0.05) is 45.3 Å². The summed E-state index contributed by atoms with van der Waals surface area (Å²) >= 11 is 0. The van der Waals surface area contributed by atoms with Crippen molar-refractivity contribution in [1.82, 2.24) is 18.7 Å². The minimum absolute atomic E-state index is 0.0792. The molecule has 2 aliphatic rings. The number of carbonyl (C=O) groups is 1. The Hall–Kier alpha value is -2.27. The van der Waals surface area contributed by atoms with Gasteiger partial charge in [-0.05, 0) is 25.3 Å². The van der Waals surface area contributed by atoms with Gasteiger partial charge in [-0.3, -0.25) is 9.69 Å². The van der Waals surface area contributed by atoms with Gasteiger partial charge in [-0.2, -0.15) is 17.0 Å². The lowest BCUT2D eigenvalue weighted by Gasteiger charge is -2.40. The highest BCUT2D eigenvalue weighted by Crippen LogP contribution is 2.28. The standard InChI is InChI=1S/C23H33N5O4S/c1-18-17-21(25-32-18)24-23(29)22(19-9-5-3-6-10-19)27-13-15-28(16-14-27)33(30,31)26(2)20-11-7-4-8-12-20/h3,5-6,9-10,17,20,22H,4,7-8,11-16H2,1-2H3,(H,24,25,29). The summed E-state index contributed by atoms with van der Waals surface area (Å²) in [5.41, 5.74) is 0.853. The van der Waals surface area contributed by atoms with E-state index in [9.17, 15) is 13.2 Å². The van der Waals surface area contributed by atoms with Crippen molar-refractivity contribution in [2.24, 2.45) is 0 Å². The maximum absolute atomic E-state index is 13.2. The second-order valence-electron chi connectivity index (χ2n) is 8.88. The first-order valence-corrected chi connectivity index (χ1v) is 13.0. The van der Waals surface area contributed by atoms with E-state index in [-0.39, 0.29) is 11.9 Å². The Kier molecular flexibility index (Phi) is 7.48. The van der Waals surface area contributed by atoms with Crippen molar-refractivity contribution in [3.63, 3.8) is 0 Å². The van der Waals surface area contributed by atoms with Crippen LogP contribution < -0.4 is 5.32 Å². The van der Waals surface area contributed by atoms with Crippen LogP contribution in [-0.2, 0) is 15.0 Å². The SMILES string of the molecule is Cc1cc(NC(=O)C(c2ccccc2)N2CCN(S(=O)(=O)N(C)C3CCCCC3)CC2)no1. The molecule has 10 heteroatoms. The molecular weight excluding hydrogens is 442 g/mol. The number of nitrogens with zero attached hydrogens (tertiary/aromatic N) is 4. The van der Waals surface area contributed by atoms with Crippen molar-refractivity contribution >= 4 is 21.9 Å². The number of hydrogen-bond donors (Lipinski definition) is 1. The molecule has 1 N–H and O–H groups in total. The molecule has 1 unspecified atom stereocenters. The van der Waals surface area contributed by atoms with Gasteiger partial charge < -0.3 is 9.84 Å². The third-order valence-corrected chi connectivity index (χ3v) is 8.70. The molecule has 4 rings (SSSR count). The first-order chi connectivity index (χ1) is 15.9. The van der Waals surface area contributed by atoms with Crippen LogP contribution in [0.2, 0.25) is 0 Å². The van der Waals surface area contributed by atoms with Gasteiger partial charge in [-0.25, -0.2) is 0 Å². The molecule has 1 saturated carbocycles. The van der Waals surface area contributed by atoms with Crippen molar-refractivity contribution < 1.29 is 17.7 Å². The Bertz CT molecular complexity index is 1030. The molecule has 2 fully saturated rings. The molecule has 2 aromatic rings. The fourth-order valence-corrected chi connectivity index (χ4v) is 6.37. The minimum Gasteiger partial charge on any atom is -0.360 e. The Morgan fingerprint density at radius 2 is 1.79 bits per heavy atom. The Morgan fingerprint density at radius 3 is 2.39 bits per heavy atom. The van der Waals surface area contributed by atoms with Crippen LogP contribution in [0.5, 0.6) is 0 Å². The molecular formula is C23H33N5O4S. The highest BCUT2D eigenvalue weighted by atomic mass is 32.2. The smallest absolute Gasteiger partial charge is 0.282 e. The Balaban J connectivity index is 1.46. The second-order valence-corrected chi connectivity index (χ2v) is 10.9. The summed E-state index contributed by atoms with van der Waals surface area (Å²) in [6.07, 6.45) is 5.19. The molecule has 180 valence electrons. The molecule has 1 aliphatic carbocycles. The predicted octanol–water partition coefficient (Wildman–Crippen LogP) is 2.79. The van der Waals surface area contributed by atoms with Gasteiger partial charge >= 0.3 is 0 Å². The van der Waals surface area contributed by atoms with E-state index in [1.807, 2.05) is 35.2 Å². The van der Waals surface area contributed by atoms with Gasteiger partial charge in [0.15, 0.2) is 5.82 Å². The molecule has 0 spiro atoms. The summed E-state index contributed by atoms with van der Waals surface area (Å²) in [6.45, 7) is 3.38. The fourth-order valence-electron chi connectivity index (χ4n) is 4.79. The van der Waals surface area contributed by atoms with E-state index in [0.29, 0.717) is 37.8 Å². The van der Waals surface area contributed by atoms with Crippen LogP contribution in [0.1, 0.15) is 49.5 Å². The van der Waals surface area contributed by atoms with E-state index < -0.39 is 16.3 Å². The quantitative estimate of drug-likeness (QED) is 0.661. The number of piperazine rings is 1. The fraction of sp³-hybridized carbons (Fsp3) is 0.565. The van der Waals surface area contributed by atoms with Crippen LogP contribution in [-0.4, -0.2) is 72.3 Å². The molecule has 1 amide bonds. The van der Waals surface area contributed by atoms with Crippen LogP contribution in [0.15, 0.2) is 40.9 Å². The van der Waals surface area contributed by atoms with Gasteiger partial charge in [-0.1, -0.05) is 54.8 Å². The number of benzene rings is 1. The number of carbonyl (C=O) groups excluding carboxylic acids is 1. The van der Waals surface area contributed by atoms with Gasteiger partial charge in [0.25, 0.3) is 10.2 Å². The normalized spacial score (nSPS) is 20.1. The average molecular weight is 476 g/mol. The van der Waals surface area contributed by atoms with Crippen LogP contribution in [0, 0.1) is 6.92 Å². The van der Waals surface area contributed by atoms with E-state index in [1.165, 1.54) is 6.42 Å². The van der Waals surface area contributed by atoms with Crippen molar-refractivity contribution in [2.45, 2.75) is 51.1 Å². The second kappa shape index (κ2) is 10.3. The lowest BCUT2D eigenvalue weighted by atomic mass is 9.96. The number of amides is 1. The number of rotatable bonds is 7. The number of nitrogens with one attached hydrogen (secondary N) is 1. The number of hydrogen-bond acceptors (Lipinski definition) is 6. The zero-order valence-corrected chi connectivity index (χ0v) is 20.1. The highest BCUT2D eigenvalue weighted by Gasteiger charge is 2.37. The maximum Gasteiger partial charge on any atom is 0.282 e. The summed E-state index contributed by atoms with van der Waals surface area (Å²) in [7, 11) is -1.82. The minimum atomic E-state index is -3.52. The summed E-state index contributed by atoms with van der Waals surface area (Å²) in [6, 6.07) is 10.7. The molecule has 1 aromatic carbocycles. The van der Waals surface area contributed by atoms with Crippen molar-refractivity contribution in [1.29, 1.82) is 0 Å². The number of aromatic nitrogens is 1. The summed E-state index contributed by atoms with van der Waals surface area (Å²) < 4.78 is 34.7. The van der Waals surface area contributed by atoms with Crippen LogP contribution in [0.25, 0.3) is 0 Å². The molecule has 1 saturated heterocycles. The molecule has 0 bridgehead atoms. The monoisotopic (exact) mass is 475 g/mol. The van der Waals surface area contributed by atoms with Gasteiger partial charge in [-0.15, -0.1) is 0 Å². The van der Waals surface area contributed by atoms with Crippen molar-refractivity contribution in [2.75, 3.05) is 38.5 Å². The molecule has 1 atom stereocenters. The molecule has 0 radical (unpaired) electrons. The lowest BCUT2D eigenvalue weighted by Crippen LogP contribution is -2.55. The van der Waals surface area contributed by atoms with Crippen LogP contribution >= 0.6 is 0 Å². The zero-order chi connectivity index (χ0) is 23.4. The molecule has 33 heavy (non-hydrogen) atoms. The van der Waals surface area contributed by atoms with E-state index in [0.717, 1.165) is 31.2 Å². The lowest BCUT2D eigenvalue weighted by molar-refractivity contribution is -0.122. The number of aryl methyl sites for hydroxylation is 1. The van der Waals surface area contributed by atoms with Gasteiger partial charge in [0.05, 0.1) is 0 Å². The first kappa shape index (κ1) is 23.9. The van der Waals surface area contributed by atoms with Gasteiger partial charge in [0.1, 0.15) is 11.8 Å². The molecule has 9 nitrogen and oxygen atoms in total.